The number of rotatable bonds is 10. The number of hydrogen-bond acceptors (Lipinski definition) is 1. The molecule has 0 heterocycles. The van der Waals surface area contributed by atoms with Crippen molar-refractivity contribution >= 4 is 31.5 Å². The molecule has 1 atom stereocenters. The molecule has 4 aromatic rings. The zero-order chi connectivity index (χ0) is 23.9. The lowest BCUT2D eigenvalue weighted by molar-refractivity contribution is 0.255. The fraction of sp³-hybridized carbons (Fsp3) is 0.226. The van der Waals surface area contributed by atoms with E-state index in [2.05, 4.69) is 141 Å². The van der Waals surface area contributed by atoms with Crippen LogP contribution in [-0.2, 0) is 10.8 Å². The van der Waals surface area contributed by atoms with Crippen LogP contribution in [0, 0.1) is 5.92 Å². The fourth-order valence-corrected chi connectivity index (χ4v) is 10.0. The van der Waals surface area contributed by atoms with Crippen molar-refractivity contribution in [2.75, 3.05) is 12.8 Å². The maximum atomic E-state index is 6.57. The summed E-state index contributed by atoms with van der Waals surface area (Å²) in [6.45, 7) is 7.68. The van der Waals surface area contributed by atoms with Gasteiger partial charge in [0.1, 0.15) is 23.2 Å². The SMILES string of the molecule is C[Si](C)(C)OC[C@@H](Cc1ccccc1)C[P+](c1ccccc1)(c1ccccc1)c1ccccc1. The summed E-state index contributed by atoms with van der Waals surface area (Å²) in [5, 5.41) is 4.33. The van der Waals surface area contributed by atoms with E-state index in [0.29, 0.717) is 5.92 Å². The van der Waals surface area contributed by atoms with Gasteiger partial charge in [0.2, 0.25) is 0 Å². The Kier molecular flexibility index (Phi) is 8.16. The van der Waals surface area contributed by atoms with Gasteiger partial charge in [0.25, 0.3) is 0 Å². The zero-order valence-corrected chi connectivity index (χ0v) is 22.5. The van der Waals surface area contributed by atoms with Gasteiger partial charge in [0.15, 0.2) is 8.32 Å². The topological polar surface area (TPSA) is 9.23 Å². The van der Waals surface area contributed by atoms with Crippen molar-refractivity contribution in [3.05, 3.63) is 127 Å². The largest absolute Gasteiger partial charge is 0.417 e. The molecule has 0 radical (unpaired) electrons. The molecule has 0 aliphatic carbocycles. The van der Waals surface area contributed by atoms with Gasteiger partial charge in [-0.15, -0.1) is 0 Å². The van der Waals surface area contributed by atoms with Crippen molar-refractivity contribution in [1.29, 1.82) is 0 Å². The summed E-state index contributed by atoms with van der Waals surface area (Å²) in [4.78, 5) is 0. The maximum Gasteiger partial charge on any atom is 0.183 e. The Labute approximate surface area is 207 Å². The lowest BCUT2D eigenvalue weighted by atomic mass is 10.0. The van der Waals surface area contributed by atoms with E-state index in [9.17, 15) is 0 Å². The van der Waals surface area contributed by atoms with Crippen LogP contribution in [0.15, 0.2) is 121 Å². The van der Waals surface area contributed by atoms with E-state index in [0.717, 1.165) is 19.2 Å². The standard InChI is InChI=1S/C31H36OPSi/c1-34(2,3)32-25-28(24-27-16-8-4-9-17-27)26-33(29-18-10-5-11-19-29,30-20-12-6-13-21-30)31-22-14-7-15-23-31/h4-23,28H,24-26H2,1-3H3/q+1/t28-/m1/s1. The highest BCUT2D eigenvalue weighted by Gasteiger charge is 2.47. The molecule has 3 heteroatoms. The lowest BCUT2D eigenvalue weighted by Crippen LogP contribution is -2.38. The van der Waals surface area contributed by atoms with E-state index in [1.54, 1.807) is 0 Å². The van der Waals surface area contributed by atoms with Gasteiger partial charge < -0.3 is 4.43 Å². The lowest BCUT2D eigenvalue weighted by Gasteiger charge is -2.32. The number of hydrogen-bond donors (Lipinski definition) is 0. The average Bonchev–Trinajstić information content (AvgIpc) is 2.87. The molecular weight excluding hydrogens is 447 g/mol. The van der Waals surface area contributed by atoms with E-state index < -0.39 is 15.6 Å². The van der Waals surface area contributed by atoms with Crippen LogP contribution in [0.3, 0.4) is 0 Å². The molecule has 0 fully saturated rings. The molecule has 0 aliphatic heterocycles. The second kappa shape index (κ2) is 11.3. The molecule has 174 valence electrons. The predicted molar refractivity (Wildman–Crippen MR) is 153 cm³/mol. The highest BCUT2D eigenvalue weighted by Crippen LogP contribution is 2.57. The summed E-state index contributed by atoms with van der Waals surface area (Å²) in [7, 11) is -3.53. The third-order valence-corrected chi connectivity index (χ3v) is 11.9. The zero-order valence-electron chi connectivity index (χ0n) is 20.6. The van der Waals surface area contributed by atoms with Gasteiger partial charge in [0, 0.05) is 12.5 Å². The van der Waals surface area contributed by atoms with Gasteiger partial charge in [-0.25, -0.2) is 0 Å². The first-order chi connectivity index (χ1) is 16.5. The van der Waals surface area contributed by atoms with Crippen LogP contribution in [-0.4, -0.2) is 21.1 Å². The quantitative estimate of drug-likeness (QED) is 0.180. The van der Waals surface area contributed by atoms with E-state index in [4.69, 9.17) is 4.43 Å². The molecule has 1 nitrogen and oxygen atoms in total. The highest BCUT2D eigenvalue weighted by molar-refractivity contribution is 7.95. The summed E-state index contributed by atoms with van der Waals surface area (Å²) < 4.78 is 6.57. The molecule has 0 N–H and O–H groups in total. The van der Waals surface area contributed by atoms with Crippen LogP contribution in [0.2, 0.25) is 19.6 Å². The molecule has 0 aliphatic rings. The first-order valence-electron chi connectivity index (χ1n) is 12.2. The Balaban J connectivity index is 1.85. The maximum absolute atomic E-state index is 6.57. The minimum atomic E-state index is -1.89. The van der Waals surface area contributed by atoms with Gasteiger partial charge in [-0.2, -0.15) is 0 Å². The van der Waals surface area contributed by atoms with Crippen molar-refractivity contribution in [3.8, 4) is 0 Å². The Morgan fingerprint density at radius 2 is 0.971 bits per heavy atom. The van der Waals surface area contributed by atoms with Gasteiger partial charge >= 0.3 is 0 Å². The van der Waals surface area contributed by atoms with Crippen LogP contribution in [0.5, 0.6) is 0 Å². The van der Waals surface area contributed by atoms with Crippen molar-refractivity contribution in [1.82, 2.24) is 0 Å². The third-order valence-electron chi connectivity index (χ3n) is 6.24. The van der Waals surface area contributed by atoms with E-state index in [1.165, 1.54) is 21.5 Å². The van der Waals surface area contributed by atoms with Crippen molar-refractivity contribution in [2.24, 2.45) is 5.92 Å². The summed E-state index contributed by atoms with van der Waals surface area (Å²) in [5.41, 5.74) is 1.39. The molecule has 0 saturated carbocycles. The van der Waals surface area contributed by atoms with Gasteiger partial charge in [-0.1, -0.05) is 84.9 Å². The molecule has 34 heavy (non-hydrogen) atoms. The van der Waals surface area contributed by atoms with Crippen LogP contribution in [0.25, 0.3) is 0 Å². The minimum absolute atomic E-state index is 0.420. The first-order valence-corrected chi connectivity index (χ1v) is 17.6. The molecule has 0 aromatic heterocycles. The fourth-order valence-electron chi connectivity index (χ4n) is 4.69. The van der Waals surface area contributed by atoms with Crippen LogP contribution >= 0.6 is 7.26 Å². The Morgan fingerprint density at radius 1 is 0.588 bits per heavy atom. The third kappa shape index (κ3) is 6.13. The predicted octanol–water partition coefficient (Wildman–Crippen LogP) is 6.69. The second-order valence-electron chi connectivity index (χ2n) is 9.98. The van der Waals surface area contributed by atoms with Crippen LogP contribution in [0.4, 0.5) is 0 Å². The van der Waals surface area contributed by atoms with E-state index >= 15 is 0 Å². The summed E-state index contributed by atoms with van der Waals surface area (Å²) in [5.74, 6) is 0.420. The summed E-state index contributed by atoms with van der Waals surface area (Å²) in [6.07, 6.45) is 2.12. The Hall–Kier alpha value is -2.51. The van der Waals surface area contributed by atoms with Crippen molar-refractivity contribution in [2.45, 2.75) is 26.1 Å². The highest BCUT2D eigenvalue weighted by atomic mass is 31.2. The summed E-state index contributed by atoms with van der Waals surface area (Å²) >= 11 is 0. The smallest absolute Gasteiger partial charge is 0.183 e. The monoisotopic (exact) mass is 483 g/mol. The van der Waals surface area contributed by atoms with Gasteiger partial charge in [-0.3, -0.25) is 0 Å². The van der Waals surface area contributed by atoms with Gasteiger partial charge in [-0.05, 0) is 68.0 Å². The van der Waals surface area contributed by atoms with Crippen LogP contribution in [0.1, 0.15) is 5.56 Å². The van der Waals surface area contributed by atoms with Crippen LogP contribution < -0.4 is 15.9 Å². The average molecular weight is 484 g/mol. The first kappa shape index (κ1) is 24.6. The minimum Gasteiger partial charge on any atom is -0.417 e. The summed E-state index contributed by atoms with van der Waals surface area (Å²) in [6, 6.07) is 44.5. The van der Waals surface area contributed by atoms with E-state index in [-0.39, 0.29) is 0 Å². The second-order valence-corrected chi connectivity index (χ2v) is 18.0. The van der Waals surface area contributed by atoms with Crippen molar-refractivity contribution in [3.63, 3.8) is 0 Å². The van der Waals surface area contributed by atoms with Gasteiger partial charge in [0.05, 0.1) is 6.16 Å². The Bertz CT molecular complexity index is 1030. The van der Waals surface area contributed by atoms with Crippen molar-refractivity contribution < 1.29 is 4.43 Å². The molecule has 0 bridgehead atoms. The normalized spacial score (nSPS) is 12.9. The molecule has 0 amide bonds. The molecule has 4 aromatic carbocycles. The Morgan fingerprint density at radius 3 is 1.35 bits per heavy atom. The molecule has 0 spiro atoms. The molecule has 4 rings (SSSR count). The molecule has 0 saturated heterocycles. The van der Waals surface area contributed by atoms with E-state index in [1.807, 2.05) is 0 Å². The molecule has 0 unspecified atom stereocenters. The molecular formula is C31H36OPSi+. The number of benzene rings is 4.